The summed E-state index contributed by atoms with van der Waals surface area (Å²) in [6, 6.07) is 0. The maximum atomic E-state index is 11.6. The fraction of sp³-hybridized carbons (Fsp3) is 0.545. The number of hydrogen-bond donors (Lipinski definition) is 0. The van der Waals surface area contributed by atoms with Crippen LogP contribution in [0.25, 0.3) is 0 Å². The van der Waals surface area contributed by atoms with Gasteiger partial charge in [-0.25, -0.2) is 4.98 Å². The van der Waals surface area contributed by atoms with Crippen molar-refractivity contribution in [2.24, 2.45) is 5.41 Å². The molecule has 0 aliphatic carbocycles. The molecule has 0 fully saturated rings. The van der Waals surface area contributed by atoms with Crippen molar-refractivity contribution in [1.82, 2.24) is 4.98 Å². The Kier molecular flexibility index (Phi) is 3.39. The minimum atomic E-state index is -0.458. The maximum absolute atomic E-state index is 11.6. The first-order valence-corrected chi connectivity index (χ1v) is 5.67. The van der Waals surface area contributed by atoms with Crippen LogP contribution in [0, 0.1) is 12.3 Å². The third-order valence-electron chi connectivity index (χ3n) is 2.06. The van der Waals surface area contributed by atoms with Crippen LogP contribution in [-0.2, 0) is 4.79 Å². The third kappa shape index (κ3) is 3.23. The Bertz CT molecular complexity index is 388. The Hall–Kier alpha value is -1.03. The van der Waals surface area contributed by atoms with E-state index in [0.717, 1.165) is 5.01 Å². The van der Waals surface area contributed by atoms with Crippen LogP contribution in [0.4, 0.5) is 0 Å². The fourth-order valence-electron chi connectivity index (χ4n) is 0.993. The second-order valence-corrected chi connectivity index (χ2v) is 5.59. The SMILES string of the molecule is Cc1nc(C(=O)CC(=O)C(C)(C)C)cs1. The molecule has 0 saturated carbocycles. The van der Waals surface area contributed by atoms with Gasteiger partial charge in [0.15, 0.2) is 5.78 Å². The molecule has 4 heteroatoms. The summed E-state index contributed by atoms with van der Waals surface area (Å²) in [4.78, 5) is 27.3. The second-order valence-electron chi connectivity index (χ2n) is 4.52. The third-order valence-corrected chi connectivity index (χ3v) is 2.84. The van der Waals surface area contributed by atoms with E-state index in [1.807, 2.05) is 27.7 Å². The largest absolute Gasteiger partial charge is 0.299 e. The molecule has 0 radical (unpaired) electrons. The maximum Gasteiger partial charge on any atom is 0.189 e. The first-order chi connectivity index (χ1) is 6.80. The zero-order valence-electron chi connectivity index (χ0n) is 9.46. The van der Waals surface area contributed by atoms with Crippen molar-refractivity contribution in [3.05, 3.63) is 16.1 Å². The quantitative estimate of drug-likeness (QED) is 0.587. The number of carbonyl (C=O) groups is 2. The van der Waals surface area contributed by atoms with Gasteiger partial charge in [0.05, 0.1) is 11.4 Å². The molecule has 1 heterocycles. The van der Waals surface area contributed by atoms with Gasteiger partial charge in [0, 0.05) is 10.8 Å². The van der Waals surface area contributed by atoms with Gasteiger partial charge < -0.3 is 0 Å². The van der Waals surface area contributed by atoms with Crippen LogP contribution in [0.3, 0.4) is 0 Å². The van der Waals surface area contributed by atoms with Crippen LogP contribution in [0.15, 0.2) is 5.38 Å². The summed E-state index contributed by atoms with van der Waals surface area (Å²) in [6.07, 6.45) is -0.0489. The molecular weight excluding hydrogens is 210 g/mol. The summed E-state index contributed by atoms with van der Waals surface area (Å²) in [7, 11) is 0. The van der Waals surface area contributed by atoms with E-state index in [9.17, 15) is 9.59 Å². The molecule has 0 aliphatic rings. The Morgan fingerprint density at radius 2 is 2.00 bits per heavy atom. The van der Waals surface area contributed by atoms with E-state index < -0.39 is 5.41 Å². The van der Waals surface area contributed by atoms with Gasteiger partial charge in [-0.2, -0.15) is 0 Å². The molecule has 1 aromatic heterocycles. The van der Waals surface area contributed by atoms with E-state index >= 15 is 0 Å². The van der Waals surface area contributed by atoms with E-state index in [1.165, 1.54) is 11.3 Å². The van der Waals surface area contributed by atoms with Crippen molar-refractivity contribution in [3.8, 4) is 0 Å². The predicted molar refractivity (Wildman–Crippen MR) is 60.3 cm³/mol. The van der Waals surface area contributed by atoms with E-state index in [-0.39, 0.29) is 18.0 Å². The molecule has 0 bridgehead atoms. The van der Waals surface area contributed by atoms with Crippen molar-refractivity contribution in [2.75, 3.05) is 0 Å². The Balaban J connectivity index is 2.69. The fourth-order valence-corrected chi connectivity index (χ4v) is 1.61. The van der Waals surface area contributed by atoms with Gasteiger partial charge >= 0.3 is 0 Å². The Morgan fingerprint density at radius 1 is 1.40 bits per heavy atom. The first-order valence-electron chi connectivity index (χ1n) is 4.79. The normalized spacial score (nSPS) is 11.5. The summed E-state index contributed by atoms with van der Waals surface area (Å²) >= 11 is 1.42. The summed E-state index contributed by atoms with van der Waals surface area (Å²) in [5, 5.41) is 2.55. The number of hydrogen-bond acceptors (Lipinski definition) is 4. The predicted octanol–water partition coefficient (Wildman–Crippen LogP) is 2.64. The average Bonchev–Trinajstić information content (AvgIpc) is 2.50. The van der Waals surface area contributed by atoms with Crippen LogP contribution in [0.2, 0.25) is 0 Å². The highest BCUT2D eigenvalue weighted by atomic mass is 32.1. The molecule has 0 spiro atoms. The minimum Gasteiger partial charge on any atom is -0.299 e. The summed E-state index contributed by atoms with van der Waals surface area (Å²) in [5.41, 5.74) is -0.0455. The van der Waals surface area contributed by atoms with Gasteiger partial charge in [0.1, 0.15) is 11.5 Å². The molecule has 15 heavy (non-hydrogen) atoms. The van der Waals surface area contributed by atoms with Gasteiger partial charge in [0.25, 0.3) is 0 Å². The second kappa shape index (κ2) is 4.23. The van der Waals surface area contributed by atoms with E-state index in [2.05, 4.69) is 4.98 Å². The van der Waals surface area contributed by atoms with E-state index in [1.54, 1.807) is 5.38 Å². The van der Waals surface area contributed by atoms with Crippen LogP contribution >= 0.6 is 11.3 Å². The highest BCUT2D eigenvalue weighted by molar-refractivity contribution is 7.09. The van der Waals surface area contributed by atoms with Crippen molar-refractivity contribution < 1.29 is 9.59 Å². The van der Waals surface area contributed by atoms with Crippen LogP contribution in [0.1, 0.15) is 42.7 Å². The average molecular weight is 225 g/mol. The lowest BCUT2D eigenvalue weighted by molar-refractivity contribution is -0.125. The van der Waals surface area contributed by atoms with Crippen molar-refractivity contribution in [3.63, 3.8) is 0 Å². The van der Waals surface area contributed by atoms with E-state index in [0.29, 0.717) is 5.69 Å². The molecule has 0 unspecified atom stereocenters. The van der Waals surface area contributed by atoms with Crippen molar-refractivity contribution in [2.45, 2.75) is 34.1 Å². The number of aromatic nitrogens is 1. The molecule has 0 amide bonds. The molecule has 1 aromatic rings. The standard InChI is InChI=1S/C11H15NO2S/c1-7-12-8(6-15-7)9(13)5-10(14)11(2,3)4/h6H,5H2,1-4H3. The van der Waals surface area contributed by atoms with Gasteiger partial charge in [-0.15, -0.1) is 11.3 Å². The lowest BCUT2D eigenvalue weighted by Crippen LogP contribution is -2.23. The molecular formula is C11H15NO2S. The Labute approximate surface area is 93.5 Å². The molecule has 0 N–H and O–H groups in total. The summed E-state index contributed by atoms with van der Waals surface area (Å²) < 4.78 is 0. The van der Waals surface area contributed by atoms with Gasteiger partial charge in [-0.1, -0.05) is 20.8 Å². The molecule has 0 saturated heterocycles. The lowest BCUT2D eigenvalue weighted by Gasteiger charge is -2.15. The first kappa shape index (κ1) is 12.0. The highest BCUT2D eigenvalue weighted by Crippen LogP contribution is 2.19. The number of thiazole rings is 1. The Morgan fingerprint density at radius 3 is 2.40 bits per heavy atom. The zero-order valence-corrected chi connectivity index (χ0v) is 10.3. The molecule has 0 atom stereocenters. The number of carbonyl (C=O) groups excluding carboxylic acids is 2. The molecule has 0 aromatic carbocycles. The highest BCUT2D eigenvalue weighted by Gasteiger charge is 2.24. The molecule has 3 nitrogen and oxygen atoms in total. The van der Waals surface area contributed by atoms with E-state index in [4.69, 9.17) is 0 Å². The van der Waals surface area contributed by atoms with Gasteiger partial charge in [-0.05, 0) is 6.92 Å². The summed E-state index contributed by atoms with van der Waals surface area (Å²) in [6.45, 7) is 7.28. The van der Waals surface area contributed by atoms with Crippen molar-refractivity contribution >= 4 is 22.9 Å². The number of rotatable bonds is 3. The monoisotopic (exact) mass is 225 g/mol. The number of aryl methyl sites for hydroxylation is 1. The number of ketones is 2. The van der Waals surface area contributed by atoms with Gasteiger partial charge in [0.2, 0.25) is 0 Å². The number of Topliss-reactive ketones (excluding diaryl/α,β-unsaturated/α-hetero) is 2. The van der Waals surface area contributed by atoms with Gasteiger partial charge in [-0.3, -0.25) is 9.59 Å². The molecule has 1 rings (SSSR count). The van der Waals surface area contributed by atoms with Crippen LogP contribution < -0.4 is 0 Å². The van der Waals surface area contributed by atoms with Crippen LogP contribution in [-0.4, -0.2) is 16.6 Å². The van der Waals surface area contributed by atoms with Crippen LogP contribution in [0.5, 0.6) is 0 Å². The minimum absolute atomic E-state index is 0.0434. The summed E-state index contributed by atoms with van der Waals surface area (Å²) in [5.74, 6) is -0.225. The number of nitrogens with zero attached hydrogens (tertiary/aromatic N) is 1. The molecule has 82 valence electrons. The lowest BCUT2D eigenvalue weighted by atomic mass is 9.88. The molecule has 0 aliphatic heterocycles. The smallest absolute Gasteiger partial charge is 0.189 e. The topological polar surface area (TPSA) is 47.0 Å². The zero-order chi connectivity index (χ0) is 11.6. The van der Waals surface area contributed by atoms with Crippen molar-refractivity contribution in [1.29, 1.82) is 0 Å².